The number of nitrogens with zero attached hydrogens (tertiary/aromatic N) is 1. The molecular weight excluding hydrogens is 441 g/mol. The summed E-state index contributed by atoms with van der Waals surface area (Å²) in [6.07, 6.45) is 0.504. The number of amides is 1. The number of anilines is 1. The molecule has 2 aromatic carbocycles. The number of likely N-dealkylation sites (N-methyl/N-ethyl adjacent to an activating group) is 1. The molecule has 0 bridgehead atoms. The van der Waals surface area contributed by atoms with E-state index in [2.05, 4.69) is 75.8 Å². The van der Waals surface area contributed by atoms with E-state index in [1.807, 2.05) is 13.1 Å². The first-order valence-electron chi connectivity index (χ1n) is 6.77. The van der Waals surface area contributed by atoms with Crippen molar-refractivity contribution in [2.24, 2.45) is 0 Å². The lowest BCUT2D eigenvalue weighted by Gasteiger charge is -2.16. The molecule has 1 aliphatic heterocycles. The summed E-state index contributed by atoms with van der Waals surface area (Å²) in [6.45, 7) is 2.13. The van der Waals surface area contributed by atoms with Crippen molar-refractivity contribution in [2.75, 3.05) is 11.9 Å². The molecule has 1 atom stereocenters. The Bertz CT molecular complexity index is 729. The molecule has 4 heteroatoms. The highest BCUT2D eigenvalue weighted by atomic mass is 127. The number of hydrogen-bond donors (Lipinski definition) is 0. The second kappa shape index (κ2) is 5.72. The zero-order chi connectivity index (χ0) is 15.1. The maximum atomic E-state index is 11.8. The number of carbonyl (C=O) groups excluding carboxylic acids is 1. The number of alkyl halides is 1. The van der Waals surface area contributed by atoms with Crippen LogP contribution in [0.25, 0.3) is 0 Å². The van der Waals surface area contributed by atoms with Crippen LogP contribution >= 0.6 is 38.5 Å². The number of benzene rings is 2. The van der Waals surface area contributed by atoms with Gasteiger partial charge < -0.3 is 4.90 Å². The van der Waals surface area contributed by atoms with Crippen molar-refractivity contribution >= 4 is 50.1 Å². The van der Waals surface area contributed by atoms with E-state index in [1.54, 1.807) is 4.90 Å². The SMILES string of the molecule is Cc1cccc(C(Br)c2ccc3c(c2)CC(=O)N3C)c1I. The van der Waals surface area contributed by atoms with Gasteiger partial charge in [-0.3, -0.25) is 4.79 Å². The first-order valence-corrected chi connectivity index (χ1v) is 8.77. The van der Waals surface area contributed by atoms with Crippen LogP contribution in [-0.4, -0.2) is 13.0 Å². The maximum Gasteiger partial charge on any atom is 0.231 e. The van der Waals surface area contributed by atoms with Gasteiger partial charge in [0.25, 0.3) is 0 Å². The van der Waals surface area contributed by atoms with Gasteiger partial charge in [0.1, 0.15) is 0 Å². The van der Waals surface area contributed by atoms with Crippen molar-refractivity contribution in [1.82, 2.24) is 0 Å². The lowest BCUT2D eigenvalue weighted by Crippen LogP contribution is -2.20. The van der Waals surface area contributed by atoms with Crippen LogP contribution in [0.5, 0.6) is 0 Å². The van der Waals surface area contributed by atoms with Gasteiger partial charge in [-0.1, -0.05) is 46.3 Å². The molecule has 2 nitrogen and oxygen atoms in total. The largest absolute Gasteiger partial charge is 0.315 e. The smallest absolute Gasteiger partial charge is 0.231 e. The number of rotatable bonds is 2. The Hall–Kier alpha value is -0.880. The van der Waals surface area contributed by atoms with Crippen LogP contribution in [0.15, 0.2) is 36.4 Å². The van der Waals surface area contributed by atoms with E-state index in [-0.39, 0.29) is 10.7 Å². The molecule has 0 saturated carbocycles. The van der Waals surface area contributed by atoms with Crippen LogP contribution in [0, 0.1) is 10.5 Å². The monoisotopic (exact) mass is 455 g/mol. The van der Waals surface area contributed by atoms with E-state index in [4.69, 9.17) is 0 Å². The van der Waals surface area contributed by atoms with Gasteiger partial charge in [-0.15, -0.1) is 0 Å². The zero-order valence-electron chi connectivity index (χ0n) is 11.9. The quantitative estimate of drug-likeness (QED) is 0.478. The van der Waals surface area contributed by atoms with Gasteiger partial charge in [0.2, 0.25) is 5.91 Å². The Morgan fingerprint density at radius 1 is 1.29 bits per heavy atom. The molecule has 21 heavy (non-hydrogen) atoms. The van der Waals surface area contributed by atoms with Gasteiger partial charge in [-0.25, -0.2) is 0 Å². The van der Waals surface area contributed by atoms with Crippen molar-refractivity contribution in [3.63, 3.8) is 0 Å². The number of halogens is 2. The standard InChI is InChI=1S/C17H15BrINO/c1-10-4-3-5-13(17(10)19)16(18)11-6-7-14-12(8-11)9-15(21)20(14)2/h3-8,16H,9H2,1-2H3. The molecule has 1 heterocycles. The third kappa shape index (κ3) is 2.63. The van der Waals surface area contributed by atoms with Crippen LogP contribution in [0.3, 0.4) is 0 Å². The minimum absolute atomic E-state index is 0.149. The topological polar surface area (TPSA) is 20.3 Å². The van der Waals surface area contributed by atoms with Crippen LogP contribution in [-0.2, 0) is 11.2 Å². The molecule has 1 aliphatic rings. The van der Waals surface area contributed by atoms with Gasteiger partial charge in [-0.2, -0.15) is 0 Å². The summed E-state index contributed by atoms with van der Waals surface area (Å²) < 4.78 is 1.28. The van der Waals surface area contributed by atoms with Gasteiger partial charge in [-0.05, 0) is 57.8 Å². The molecule has 2 aromatic rings. The predicted octanol–water partition coefficient (Wildman–Crippen LogP) is 4.60. The lowest BCUT2D eigenvalue weighted by atomic mass is 10.0. The van der Waals surface area contributed by atoms with Gasteiger partial charge in [0.15, 0.2) is 0 Å². The van der Waals surface area contributed by atoms with E-state index < -0.39 is 0 Å². The van der Waals surface area contributed by atoms with Crippen molar-refractivity contribution in [2.45, 2.75) is 18.2 Å². The zero-order valence-corrected chi connectivity index (χ0v) is 15.6. The summed E-state index contributed by atoms with van der Waals surface area (Å²) in [5.41, 5.74) is 5.90. The molecule has 1 amide bonds. The summed E-state index contributed by atoms with van der Waals surface area (Å²) in [6, 6.07) is 12.7. The molecule has 0 fully saturated rings. The van der Waals surface area contributed by atoms with Crippen molar-refractivity contribution in [1.29, 1.82) is 0 Å². The van der Waals surface area contributed by atoms with Gasteiger partial charge in [0, 0.05) is 16.3 Å². The number of aryl methyl sites for hydroxylation is 1. The van der Waals surface area contributed by atoms with E-state index in [0.29, 0.717) is 6.42 Å². The predicted molar refractivity (Wildman–Crippen MR) is 98.2 cm³/mol. The summed E-state index contributed by atoms with van der Waals surface area (Å²) in [5, 5.41) is 0. The number of hydrogen-bond acceptors (Lipinski definition) is 1. The van der Waals surface area contributed by atoms with Crippen molar-refractivity contribution in [3.8, 4) is 0 Å². The number of fused-ring (bicyclic) bond motifs is 1. The Balaban J connectivity index is 2.00. The highest BCUT2D eigenvalue weighted by Gasteiger charge is 2.25. The minimum atomic E-state index is 0.149. The van der Waals surface area contributed by atoms with E-state index >= 15 is 0 Å². The Morgan fingerprint density at radius 3 is 2.81 bits per heavy atom. The normalized spacial score (nSPS) is 15.2. The van der Waals surface area contributed by atoms with Crippen LogP contribution < -0.4 is 4.90 Å². The maximum absolute atomic E-state index is 11.8. The third-order valence-electron chi connectivity index (χ3n) is 3.97. The molecule has 0 aliphatic carbocycles. The molecule has 0 aromatic heterocycles. The minimum Gasteiger partial charge on any atom is -0.315 e. The third-order valence-corrected chi connectivity index (χ3v) is 6.46. The molecule has 108 valence electrons. The fourth-order valence-corrected chi connectivity index (χ4v) is 4.46. The van der Waals surface area contributed by atoms with E-state index in [1.165, 1.54) is 20.3 Å². The van der Waals surface area contributed by atoms with E-state index in [9.17, 15) is 4.79 Å². The highest BCUT2D eigenvalue weighted by Crippen LogP contribution is 2.38. The molecule has 0 radical (unpaired) electrons. The summed E-state index contributed by atoms with van der Waals surface area (Å²) >= 11 is 6.21. The molecule has 3 rings (SSSR count). The summed E-state index contributed by atoms with van der Waals surface area (Å²) in [5.74, 6) is 0.165. The van der Waals surface area contributed by atoms with Crippen LogP contribution in [0.4, 0.5) is 5.69 Å². The fraction of sp³-hybridized carbons (Fsp3) is 0.235. The van der Waals surface area contributed by atoms with Gasteiger partial charge >= 0.3 is 0 Å². The van der Waals surface area contributed by atoms with E-state index in [0.717, 1.165) is 11.3 Å². The van der Waals surface area contributed by atoms with Crippen LogP contribution in [0.2, 0.25) is 0 Å². The average molecular weight is 456 g/mol. The molecule has 0 N–H and O–H groups in total. The fourth-order valence-electron chi connectivity index (χ4n) is 2.69. The second-order valence-electron chi connectivity index (χ2n) is 5.36. The Morgan fingerprint density at radius 2 is 2.05 bits per heavy atom. The Kier molecular flexibility index (Phi) is 4.10. The summed E-state index contributed by atoms with van der Waals surface area (Å²) in [7, 11) is 1.84. The lowest BCUT2D eigenvalue weighted by molar-refractivity contribution is -0.117. The molecule has 1 unspecified atom stereocenters. The first kappa shape index (κ1) is 15.0. The van der Waals surface area contributed by atoms with Gasteiger partial charge in [0.05, 0.1) is 11.2 Å². The molecule has 0 spiro atoms. The average Bonchev–Trinajstić information content (AvgIpc) is 2.76. The highest BCUT2D eigenvalue weighted by molar-refractivity contribution is 14.1. The summed E-state index contributed by atoms with van der Waals surface area (Å²) in [4.78, 5) is 13.7. The van der Waals surface area contributed by atoms with Crippen molar-refractivity contribution in [3.05, 3.63) is 62.2 Å². The number of carbonyl (C=O) groups is 1. The molecule has 0 saturated heterocycles. The molecular formula is C17H15BrINO. The Labute approximate surface area is 146 Å². The second-order valence-corrected chi connectivity index (χ2v) is 7.35. The van der Waals surface area contributed by atoms with Crippen molar-refractivity contribution < 1.29 is 4.79 Å². The first-order chi connectivity index (χ1) is 9.99. The van der Waals surface area contributed by atoms with Crippen LogP contribution in [0.1, 0.15) is 27.1 Å².